The molecule has 0 bridgehead atoms. The summed E-state index contributed by atoms with van der Waals surface area (Å²) in [4.78, 5) is 7.70. The van der Waals surface area contributed by atoms with Crippen LogP contribution in [0.15, 0.2) is 36.3 Å². The molecule has 1 saturated carbocycles. The lowest BCUT2D eigenvalue weighted by molar-refractivity contribution is 0.412. The van der Waals surface area contributed by atoms with Crippen molar-refractivity contribution in [3.63, 3.8) is 0 Å². The van der Waals surface area contributed by atoms with Crippen molar-refractivity contribution in [2.45, 2.75) is 36.1 Å². The van der Waals surface area contributed by atoms with Gasteiger partial charge in [-0.05, 0) is 31.2 Å². The second-order valence-corrected chi connectivity index (χ2v) is 6.48. The first kappa shape index (κ1) is 12.2. The zero-order chi connectivity index (χ0) is 12.3. The number of allylic oxidation sites excluding steroid dienone is 1. The van der Waals surface area contributed by atoms with Gasteiger partial charge in [-0.1, -0.05) is 12.5 Å². The molecule has 0 N–H and O–H groups in total. The van der Waals surface area contributed by atoms with Gasteiger partial charge < -0.3 is 0 Å². The van der Waals surface area contributed by atoms with Gasteiger partial charge in [-0.3, -0.25) is 0 Å². The highest BCUT2D eigenvalue weighted by Crippen LogP contribution is 2.31. The van der Waals surface area contributed by atoms with Gasteiger partial charge >= 0.3 is 0 Å². The summed E-state index contributed by atoms with van der Waals surface area (Å²) in [5, 5.41) is -0.406. The maximum absolute atomic E-state index is 12.3. The van der Waals surface area contributed by atoms with Crippen LogP contribution in [0.1, 0.15) is 25.7 Å². The third kappa shape index (κ3) is 2.54. The Bertz CT molecular complexity index is 484. The van der Waals surface area contributed by atoms with Gasteiger partial charge in [0.2, 0.25) is 15.0 Å². The third-order valence-electron chi connectivity index (χ3n) is 3.24. The Balaban J connectivity index is 2.24. The monoisotopic (exact) mass is 252 g/mol. The lowest BCUT2D eigenvalue weighted by atomic mass is 9.89. The van der Waals surface area contributed by atoms with E-state index in [1.54, 1.807) is 6.07 Å². The zero-order valence-corrected chi connectivity index (χ0v) is 10.4. The van der Waals surface area contributed by atoms with E-state index in [-0.39, 0.29) is 10.4 Å². The van der Waals surface area contributed by atoms with Crippen molar-refractivity contribution in [2.75, 3.05) is 0 Å². The summed E-state index contributed by atoms with van der Waals surface area (Å²) in [5.41, 5.74) is 0. The predicted octanol–water partition coefficient (Wildman–Crippen LogP) is 2.00. The van der Waals surface area contributed by atoms with E-state index < -0.39 is 9.84 Å². The second kappa shape index (κ2) is 4.96. The summed E-state index contributed by atoms with van der Waals surface area (Å²) in [5.74, 6) is 0.298. The minimum atomic E-state index is -3.38. The highest BCUT2D eigenvalue weighted by molar-refractivity contribution is 7.91. The number of aromatic nitrogens is 2. The van der Waals surface area contributed by atoms with Gasteiger partial charge in [0.05, 0.1) is 5.25 Å². The maximum atomic E-state index is 12.3. The Kier molecular flexibility index (Phi) is 3.57. The molecular formula is C12H16N2O2S. The largest absolute Gasteiger partial charge is 0.247 e. The molecule has 1 aliphatic rings. The molecule has 1 aromatic heterocycles. The fraction of sp³-hybridized carbons (Fsp3) is 0.500. The van der Waals surface area contributed by atoms with E-state index in [4.69, 9.17) is 0 Å². The topological polar surface area (TPSA) is 59.9 Å². The summed E-state index contributed by atoms with van der Waals surface area (Å²) in [6.07, 6.45) is 8.09. The number of sulfone groups is 1. The zero-order valence-electron chi connectivity index (χ0n) is 9.62. The van der Waals surface area contributed by atoms with Crippen molar-refractivity contribution < 1.29 is 8.42 Å². The molecule has 5 heteroatoms. The molecule has 1 fully saturated rings. The fourth-order valence-corrected chi connectivity index (χ4v) is 3.95. The molecule has 1 heterocycles. The quantitative estimate of drug-likeness (QED) is 0.610. The van der Waals surface area contributed by atoms with Crippen LogP contribution in [0.5, 0.6) is 0 Å². The number of hydrogen-bond donors (Lipinski definition) is 0. The van der Waals surface area contributed by atoms with Gasteiger partial charge in [-0.2, -0.15) is 0 Å². The summed E-state index contributed by atoms with van der Waals surface area (Å²) in [7, 11) is -3.38. The summed E-state index contributed by atoms with van der Waals surface area (Å²) in [6, 6.07) is 1.62. The Morgan fingerprint density at radius 2 is 2.00 bits per heavy atom. The normalized spacial score (nSPS) is 25.4. The summed E-state index contributed by atoms with van der Waals surface area (Å²) in [6.45, 7) is 3.75. The van der Waals surface area contributed by atoms with Crippen LogP contribution >= 0.6 is 0 Å². The van der Waals surface area contributed by atoms with E-state index in [2.05, 4.69) is 16.5 Å². The van der Waals surface area contributed by atoms with Crippen LogP contribution in [0, 0.1) is 5.92 Å². The molecule has 1 aromatic rings. The minimum absolute atomic E-state index is 0.0466. The van der Waals surface area contributed by atoms with Crippen LogP contribution in [0.3, 0.4) is 0 Å². The number of hydrogen-bond acceptors (Lipinski definition) is 4. The Hall–Kier alpha value is -1.23. The lowest BCUT2D eigenvalue weighted by Crippen LogP contribution is -2.28. The molecule has 92 valence electrons. The highest BCUT2D eigenvalue weighted by Gasteiger charge is 2.33. The molecular weight excluding hydrogens is 236 g/mol. The lowest BCUT2D eigenvalue weighted by Gasteiger charge is -2.26. The molecule has 1 unspecified atom stereocenters. The second-order valence-electron chi connectivity index (χ2n) is 4.36. The highest BCUT2D eigenvalue weighted by atomic mass is 32.2. The predicted molar refractivity (Wildman–Crippen MR) is 65.2 cm³/mol. The summed E-state index contributed by atoms with van der Waals surface area (Å²) < 4.78 is 24.6. The van der Waals surface area contributed by atoms with Crippen LogP contribution in [-0.4, -0.2) is 23.6 Å². The molecule has 0 aliphatic heterocycles. The molecule has 0 radical (unpaired) electrons. The van der Waals surface area contributed by atoms with Crippen LogP contribution < -0.4 is 0 Å². The van der Waals surface area contributed by atoms with Gasteiger partial charge in [0.1, 0.15) is 0 Å². The smallest absolute Gasteiger partial charge is 0.227 e. The maximum Gasteiger partial charge on any atom is 0.247 e. The third-order valence-corrected chi connectivity index (χ3v) is 5.26. The average molecular weight is 252 g/mol. The molecule has 0 amide bonds. The van der Waals surface area contributed by atoms with Crippen LogP contribution in [0.2, 0.25) is 0 Å². The van der Waals surface area contributed by atoms with E-state index >= 15 is 0 Å². The SMILES string of the molecule is C=CC1CCC[C@@H](S(=O)(=O)c2ncccn2)C1. The first-order chi connectivity index (χ1) is 8.14. The molecule has 0 saturated heterocycles. The van der Waals surface area contributed by atoms with Crippen molar-refractivity contribution in [3.05, 3.63) is 31.1 Å². The molecule has 2 atom stereocenters. The molecule has 17 heavy (non-hydrogen) atoms. The molecule has 4 nitrogen and oxygen atoms in total. The van der Waals surface area contributed by atoms with Gasteiger partial charge in [-0.25, -0.2) is 18.4 Å². The van der Waals surface area contributed by atoms with E-state index in [1.165, 1.54) is 12.4 Å². The summed E-state index contributed by atoms with van der Waals surface area (Å²) >= 11 is 0. The number of rotatable bonds is 3. The fourth-order valence-electron chi connectivity index (χ4n) is 2.26. The molecule has 0 spiro atoms. The Labute approximate surface area is 102 Å². The van der Waals surface area contributed by atoms with E-state index in [9.17, 15) is 8.42 Å². The standard InChI is InChI=1S/C12H16N2O2S/c1-2-10-5-3-6-11(9-10)17(15,16)12-13-7-4-8-14-12/h2,4,7-8,10-11H,1,3,5-6,9H2/t10?,11-/m1/s1. The average Bonchev–Trinajstić information content (AvgIpc) is 2.40. The number of nitrogens with zero attached hydrogens (tertiary/aromatic N) is 2. The van der Waals surface area contributed by atoms with Crippen molar-refractivity contribution in [1.29, 1.82) is 0 Å². The van der Waals surface area contributed by atoms with Gasteiger partial charge in [0.15, 0.2) is 0 Å². The van der Waals surface area contributed by atoms with Crippen molar-refractivity contribution in [2.24, 2.45) is 5.92 Å². The first-order valence-corrected chi connectivity index (χ1v) is 7.32. The van der Waals surface area contributed by atoms with Gasteiger partial charge in [0.25, 0.3) is 0 Å². The van der Waals surface area contributed by atoms with Crippen molar-refractivity contribution in [3.8, 4) is 0 Å². The first-order valence-electron chi connectivity index (χ1n) is 5.78. The Morgan fingerprint density at radius 3 is 2.65 bits per heavy atom. The van der Waals surface area contributed by atoms with Gasteiger partial charge in [-0.15, -0.1) is 6.58 Å². The van der Waals surface area contributed by atoms with Crippen LogP contribution in [-0.2, 0) is 9.84 Å². The Morgan fingerprint density at radius 1 is 1.29 bits per heavy atom. The van der Waals surface area contributed by atoms with Crippen molar-refractivity contribution >= 4 is 9.84 Å². The van der Waals surface area contributed by atoms with Crippen molar-refractivity contribution in [1.82, 2.24) is 9.97 Å². The van der Waals surface area contributed by atoms with Gasteiger partial charge in [0, 0.05) is 12.4 Å². The van der Waals surface area contributed by atoms with Crippen LogP contribution in [0.25, 0.3) is 0 Å². The molecule has 0 aromatic carbocycles. The minimum Gasteiger partial charge on any atom is -0.227 e. The molecule has 1 aliphatic carbocycles. The van der Waals surface area contributed by atoms with Crippen LogP contribution in [0.4, 0.5) is 0 Å². The van der Waals surface area contributed by atoms with E-state index in [1.807, 2.05) is 6.08 Å². The molecule has 2 rings (SSSR count). The van der Waals surface area contributed by atoms with E-state index in [0.29, 0.717) is 18.8 Å². The van der Waals surface area contributed by atoms with E-state index in [0.717, 1.165) is 12.8 Å².